The van der Waals surface area contributed by atoms with E-state index in [0.29, 0.717) is 0 Å². The van der Waals surface area contributed by atoms with Gasteiger partial charge < -0.3 is 9.80 Å². The van der Waals surface area contributed by atoms with Gasteiger partial charge in [-0.3, -0.25) is 0 Å². The first kappa shape index (κ1) is 13.6. The molecule has 0 bridgehead atoms. The molecule has 2 heterocycles. The normalized spacial score (nSPS) is 28.1. The Morgan fingerprint density at radius 3 is 2.09 bits per heavy atom. The van der Waals surface area contributed by atoms with Crippen molar-refractivity contribution >= 4 is 17.1 Å². The van der Waals surface area contributed by atoms with E-state index in [2.05, 4.69) is 34.1 Å². The lowest BCUT2D eigenvalue weighted by Crippen LogP contribution is -2.64. The Morgan fingerprint density at radius 2 is 1.41 bits per heavy atom. The molecule has 0 radical (unpaired) electrons. The Labute approximate surface area is 131 Å². The number of rotatable bonds is 0. The van der Waals surface area contributed by atoms with Gasteiger partial charge in [-0.15, -0.1) is 0 Å². The van der Waals surface area contributed by atoms with Gasteiger partial charge in [0.1, 0.15) is 6.17 Å². The van der Waals surface area contributed by atoms with Crippen molar-refractivity contribution in [1.29, 1.82) is 0 Å². The standard InChI is InChI=1S/C19H21FN2/c1-18(2)13-9-5-6-10-14(13)22-16-12-8-7-11-15(16)21(4)17(22)19(18,3)20/h5-12,17H,1-4H3/t17?,19-/m1/s1. The third-order valence-electron chi connectivity index (χ3n) is 5.68. The van der Waals surface area contributed by atoms with Crippen LogP contribution in [0.5, 0.6) is 0 Å². The van der Waals surface area contributed by atoms with Crippen LogP contribution in [0, 0.1) is 0 Å². The van der Waals surface area contributed by atoms with Gasteiger partial charge in [0.15, 0.2) is 5.67 Å². The molecular weight excluding hydrogens is 275 g/mol. The minimum Gasteiger partial charge on any atom is -0.350 e. The molecule has 2 aromatic rings. The monoisotopic (exact) mass is 296 g/mol. The third kappa shape index (κ3) is 1.39. The molecule has 22 heavy (non-hydrogen) atoms. The van der Waals surface area contributed by atoms with Crippen molar-refractivity contribution in [2.45, 2.75) is 38.0 Å². The minimum absolute atomic E-state index is 0.324. The van der Waals surface area contributed by atoms with Gasteiger partial charge in [0.2, 0.25) is 0 Å². The summed E-state index contributed by atoms with van der Waals surface area (Å²) in [5.74, 6) is 0. The maximum atomic E-state index is 16.0. The molecule has 0 fully saturated rings. The predicted molar refractivity (Wildman–Crippen MR) is 89.8 cm³/mol. The molecule has 2 aromatic carbocycles. The summed E-state index contributed by atoms with van der Waals surface area (Å²) in [6.07, 6.45) is -0.324. The molecule has 0 saturated carbocycles. The maximum absolute atomic E-state index is 16.0. The van der Waals surface area contributed by atoms with Crippen LogP contribution < -0.4 is 9.80 Å². The number of benzene rings is 2. The Morgan fingerprint density at radius 1 is 0.864 bits per heavy atom. The van der Waals surface area contributed by atoms with Gasteiger partial charge in [0, 0.05) is 18.2 Å². The number of anilines is 3. The fraction of sp³-hybridized carbons (Fsp3) is 0.368. The lowest BCUT2D eigenvalue weighted by Gasteiger charge is -2.53. The number of hydrogen-bond acceptors (Lipinski definition) is 2. The molecule has 0 aliphatic carbocycles. The highest BCUT2D eigenvalue weighted by molar-refractivity contribution is 5.87. The number of halogens is 1. The SMILES string of the molecule is CN1c2ccccc2N2c3ccccc3C(C)(C)[C@](C)(F)C12. The number of para-hydroxylation sites is 3. The van der Waals surface area contributed by atoms with E-state index in [1.165, 1.54) is 0 Å². The molecule has 2 aliphatic rings. The smallest absolute Gasteiger partial charge is 0.156 e. The van der Waals surface area contributed by atoms with E-state index in [-0.39, 0.29) is 6.17 Å². The molecule has 2 nitrogen and oxygen atoms in total. The molecule has 0 saturated heterocycles. The number of hydrogen-bond donors (Lipinski definition) is 0. The van der Waals surface area contributed by atoms with Crippen molar-refractivity contribution in [3.63, 3.8) is 0 Å². The van der Waals surface area contributed by atoms with Crippen LogP contribution in [0.3, 0.4) is 0 Å². The Balaban J connectivity index is 2.06. The van der Waals surface area contributed by atoms with Crippen LogP contribution in [0.1, 0.15) is 26.3 Å². The van der Waals surface area contributed by atoms with Crippen LogP contribution in [0.15, 0.2) is 48.5 Å². The van der Waals surface area contributed by atoms with Gasteiger partial charge in [-0.25, -0.2) is 4.39 Å². The molecule has 3 heteroatoms. The van der Waals surface area contributed by atoms with Gasteiger partial charge in [-0.1, -0.05) is 44.2 Å². The minimum atomic E-state index is -1.38. The topological polar surface area (TPSA) is 6.48 Å². The molecule has 114 valence electrons. The third-order valence-corrected chi connectivity index (χ3v) is 5.68. The summed E-state index contributed by atoms with van der Waals surface area (Å²) in [5.41, 5.74) is 2.42. The zero-order chi connectivity index (χ0) is 15.7. The van der Waals surface area contributed by atoms with E-state index in [1.54, 1.807) is 6.92 Å². The predicted octanol–water partition coefficient (Wildman–Crippen LogP) is 4.62. The fourth-order valence-electron chi connectivity index (χ4n) is 4.07. The van der Waals surface area contributed by atoms with Crippen LogP contribution in [0.4, 0.5) is 21.5 Å². The molecule has 4 rings (SSSR count). The summed E-state index contributed by atoms with van der Waals surface area (Å²) in [7, 11) is 1.99. The number of alkyl halides is 1. The van der Waals surface area contributed by atoms with E-state index in [4.69, 9.17) is 0 Å². The molecule has 0 amide bonds. The van der Waals surface area contributed by atoms with Gasteiger partial charge in [0.05, 0.1) is 11.4 Å². The van der Waals surface area contributed by atoms with Gasteiger partial charge in [-0.05, 0) is 30.7 Å². The first-order valence-electron chi connectivity index (χ1n) is 7.77. The number of nitrogens with zero attached hydrogens (tertiary/aromatic N) is 2. The van der Waals surface area contributed by atoms with Crippen molar-refractivity contribution in [2.75, 3.05) is 16.8 Å². The van der Waals surface area contributed by atoms with Gasteiger partial charge in [0.25, 0.3) is 0 Å². The number of fused-ring (bicyclic) bond motifs is 5. The second-order valence-corrected chi connectivity index (χ2v) is 7.06. The Bertz CT molecular complexity index is 751. The molecule has 2 aliphatic heterocycles. The van der Waals surface area contributed by atoms with Crippen molar-refractivity contribution in [2.24, 2.45) is 0 Å². The van der Waals surface area contributed by atoms with E-state index in [1.807, 2.05) is 45.2 Å². The lowest BCUT2D eigenvalue weighted by molar-refractivity contribution is 0.0568. The fourth-order valence-corrected chi connectivity index (χ4v) is 4.07. The average Bonchev–Trinajstić information content (AvgIpc) is 2.80. The van der Waals surface area contributed by atoms with Crippen LogP contribution >= 0.6 is 0 Å². The van der Waals surface area contributed by atoms with E-state index in [9.17, 15) is 0 Å². The molecule has 0 N–H and O–H groups in total. The zero-order valence-electron chi connectivity index (χ0n) is 13.5. The Hall–Kier alpha value is -2.03. The van der Waals surface area contributed by atoms with Crippen LogP contribution in [-0.2, 0) is 5.41 Å². The molecular formula is C19H21FN2. The van der Waals surface area contributed by atoms with Crippen molar-refractivity contribution in [3.05, 3.63) is 54.1 Å². The largest absolute Gasteiger partial charge is 0.350 e. The summed E-state index contributed by atoms with van der Waals surface area (Å²) in [4.78, 5) is 4.24. The lowest BCUT2D eigenvalue weighted by atomic mass is 9.67. The van der Waals surface area contributed by atoms with E-state index in [0.717, 1.165) is 22.6 Å². The van der Waals surface area contributed by atoms with Crippen molar-refractivity contribution in [3.8, 4) is 0 Å². The molecule has 2 atom stereocenters. The van der Waals surface area contributed by atoms with Crippen molar-refractivity contribution in [1.82, 2.24) is 0 Å². The summed E-state index contributed by atoms with van der Waals surface area (Å²) in [5, 5.41) is 0. The highest BCUT2D eigenvalue weighted by atomic mass is 19.1. The second-order valence-electron chi connectivity index (χ2n) is 7.06. The van der Waals surface area contributed by atoms with Crippen LogP contribution in [-0.4, -0.2) is 18.9 Å². The summed E-state index contributed by atoms with van der Waals surface area (Å²) >= 11 is 0. The zero-order valence-corrected chi connectivity index (χ0v) is 13.5. The highest BCUT2D eigenvalue weighted by Crippen LogP contribution is 2.57. The van der Waals surface area contributed by atoms with Gasteiger partial charge >= 0.3 is 0 Å². The quantitative estimate of drug-likeness (QED) is 0.700. The van der Waals surface area contributed by atoms with Gasteiger partial charge in [-0.2, -0.15) is 0 Å². The summed E-state index contributed by atoms with van der Waals surface area (Å²) < 4.78 is 16.0. The molecule has 0 spiro atoms. The highest BCUT2D eigenvalue weighted by Gasteiger charge is 2.59. The first-order chi connectivity index (χ1) is 10.4. The Kier molecular flexibility index (Phi) is 2.50. The first-order valence-corrected chi connectivity index (χ1v) is 7.77. The second kappa shape index (κ2) is 4.03. The van der Waals surface area contributed by atoms with Crippen LogP contribution in [0.25, 0.3) is 0 Å². The summed E-state index contributed by atoms with van der Waals surface area (Å²) in [6, 6.07) is 16.4. The van der Waals surface area contributed by atoms with E-state index >= 15 is 4.39 Å². The molecule has 0 aromatic heterocycles. The maximum Gasteiger partial charge on any atom is 0.156 e. The van der Waals surface area contributed by atoms with Crippen LogP contribution in [0.2, 0.25) is 0 Å². The summed E-state index contributed by atoms with van der Waals surface area (Å²) in [6.45, 7) is 5.77. The molecule has 1 unspecified atom stereocenters. The van der Waals surface area contributed by atoms with Crippen molar-refractivity contribution < 1.29 is 4.39 Å². The average molecular weight is 296 g/mol. The van der Waals surface area contributed by atoms with E-state index < -0.39 is 11.1 Å².